The third kappa shape index (κ3) is 4.74. The summed E-state index contributed by atoms with van der Waals surface area (Å²) in [6.07, 6.45) is 4.38. The molecule has 28 heavy (non-hydrogen) atoms. The second kappa shape index (κ2) is 9.07. The van der Waals surface area contributed by atoms with Gasteiger partial charge < -0.3 is 14.1 Å². The summed E-state index contributed by atoms with van der Waals surface area (Å²) < 4.78 is 11.4. The van der Waals surface area contributed by atoms with Gasteiger partial charge in [-0.3, -0.25) is 9.69 Å². The third-order valence-corrected chi connectivity index (χ3v) is 5.85. The van der Waals surface area contributed by atoms with Gasteiger partial charge in [-0.25, -0.2) is 4.98 Å². The summed E-state index contributed by atoms with van der Waals surface area (Å²) in [5.41, 5.74) is 1.03. The largest absolute Gasteiger partial charge is 0.445 e. The summed E-state index contributed by atoms with van der Waals surface area (Å²) in [5.74, 6) is 1.88. The van der Waals surface area contributed by atoms with Crippen LogP contribution in [0.1, 0.15) is 36.0 Å². The molecule has 2 aliphatic rings. The molecule has 0 saturated carbocycles. The van der Waals surface area contributed by atoms with Crippen molar-refractivity contribution in [1.29, 1.82) is 0 Å². The Hall–Kier alpha value is -1.89. The number of ether oxygens (including phenoxy) is 1. The Morgan fingerprint density at radius 2 is 2.04 bits per heavy atom. The lowest BCUT2D eigenvalue weighted by atomic mass is 9.98. The highest BCUT2D eigenvalue weighted by Gasteiger charge is 2.29. The molecule has 2 saturated heterocycles. The minimum absolute atomic E-state index is 0.155. The molecule has 7 heteroatoms. The summed E-state index contributed by atoms with van der Waals surface area (Å²) in [6.45, 7) is 5.03. The molecule has 2 fully saturated rings. The van der Waals surface area contributed by atoms with Crippen molar-refractivity contribution in [2.75, 3.05) is 45.9 Å². The van der Waals surface area contributed by atoms with Crippen LogP contribution in [0.3, 0.4) is 0 Å². The second-order valence-electron chi connectivity index (χ2n) is 7.50. The number of rotatable bonds is 5. The molecule has 0 aliphatic carbocycles. The lowest BCUT2D eigenvalue weighted by Gasteiger charge is -2.34. The minimum atomic E-state index is 0.155. The number of carbonyl (C=O) groups excluding carboxylic acids is 1. The van der Waals surface area contributed by atoms with E-state index in [1.54, 1.807) is 6.20 Å². The normalized spacial score (nSPS) is 21.0. The fraction of sp³-hybridized carbons (Fsp3) is 0.524. The zero-order valence-corrected chi connectivity index (χ0v) is 16.7. The van der Waals surface area contributed by atoms with Crippen LogP contribution in [-0.4, -0.2) is 66.6 Å². The molecule has 0 radical (unpaired) electrons. The monoisotopic (exact) mass is 403 g/mol. The topological polar surface area (TPSA) is 58.8 Å². The van der Waals surface area contributed by atoms with Crippen molar-refractivity contribution < 1.29 is 13.9 Å². The lowest BCUT2D eigenvalue weighted by molar-refractivity contribution is -0.134. The quantitative estimate of drug-likeness (QED) is 0.768. The van der Waals surface area contributed by atoms with Gasteiger partial charge in [0.2, 0.25) is 5.91 Å². The molecule has 4 rings (SSSR count). The fourth-order valence-corrected chi connectivity index (χ4v) is 4.08. The predicted octanol–water partition coefficient (Wildman–Crippen LogP) is 2.96. The highest BCUT2D eigenvalue weighted by Crippen LogP contribution is 2.28. The Labute approximate surface area is 170 Å². The van der Waals surface area contributed by atoms with Crippen molar-refractivity contribution >= 4 is 17.5 Å². The number of hydrogen-bond acceptors (Lipinski definition) is 5. The molecular weight excluding hydrogens is 378 g/mol. The molecule has 6 nitrogen and oxygen atoms in total. The zero-order valence-electron chi connectivity index (χ0n) is 16.0. The van der Waals surface area contributed by atoms with Crippen LogP contribution in [0.5, 0.6) is 0 Å². The molecule has 0 spiro atoms. The molecule has 150 valence electrons. The summed E-state index contributed by atoms with van der Waals surface area (Å²) in [7, 11) is 0. The number of nitrogens with zero attached hydrogens (tertiary/aromatic N) is 3. The van der Waals surface area contributed by atoms with Gasteiger partial charge in [-0.15, -0.1) is 0 Å². The minimum Gasteiger partial charge on any atom is -0.445 e. The Kier molecular flexibility index (Phi) is 6.29. The van der Waals surface area contributed by atoms with E-state index < -0.39 is 0 Å². The van der Waals surface area contributed by atoms with Crippen LogP contribution >= 0.6 is 11.6 Å². The number of halogens is 1. The average Bonchev–Trinajstić information content (AvgIpc) is 3.19. The molecule has 2 aliphatic heterocycles. The van der Waals surface area contributed by atoms with Crippen LogP contribution in [0.25, 0.3) is 0 Å². The van der Waals surface area contributed by atoms with Crippen LogP contribution in [-0.2, 0) is 16.0 Å². The van der Waals surface area contributed by atoms with Gasteiger partial charge in [0, 0.05) is 37.6 Å². The zero-order chi connectivity index (χ0) is 19.3. The van der Waals surface area contributed by atoms with Gasteiger partial charge in [0.05, 0.1) is 31.9 Å². The Balaban J connectivity index is 1.36. The van der Waals surface area contributed by atoms with Crippen LogP contribution < -0.4 is 0 Å². The summed E-state index contributed by atoms with van der Waals surface area (Å²) in [5, 5.41) is 0.734. The number of oxazole rings is 1. The first-order chi connectivity index (χ1) is 13.7. The SMILES string of the molecule is O=C(CN1CCOCC1)N1CCCC(c2ncc(Cc3ccccc3Cl)o2)C1. The molecule has 1 amide bonds. The smallest absolute Gasteiger partial charge is 0.236 e. The first-order valence-corrected chi connectivity index (χ1v) is 10.3. The van der Waals surface area contributed by atoms with Crippen LogP contribution in [0.4, 0.5) is 0 Å². The highest BCUT2D eigenvalue weighted by molar-refractivity contribution is 6.31. The van der Waals surface area contributed by atoms with E-state index in [-0.39, 0.29) is 11.8 Å². The number of likely N-dealkylation sites (tertiary alicyclic amines) is 1. The maximum Gasteiger partial charge on any atom is 0.236 e. The van der Waals surface area contributed by atoms with Gasteiger partial charge in [0.15, 0.2) is 5.89 Å². The van der Waals surface area contributed by atoms with Crippen molar-refractivity contribution in [2.24, 2.45) is 0 Å². The van der Waals surface area contributed by atoms with E-state index in [1.807, 2.05) is 29.2 Å². The van der Waals surface area contributed by atoms with E-state index >= 15 is 0 Å². The van der Waals surface area contributed by atoms with Crippen molar-refractivity contribution in [3.05, 3.63) is 52.7 Å². The van der Waals surface area contributed by atoms with Crippen LogP contribution in [0.2, 0.25) is 5.02 Å². The van der Waals surface area contributed by atoms with Gasteiger partial charge in [-0.1, -0.05) is 29.8 Å². The standard InChI is InChI=1S/C21H26ClN3O3/c22-19-6-2-1-4-16(19)12-18-13-23-21(28-18)17-5-3-7-25(14-17)20(26)15-24-8-10-27-11-9-24/h1-2,4,6,13,17H,3,5,7-12,14-15H2. The van der Waals surface area contributed by atoms with Crippen LogP contribution in [0, 0.1) is 0 Å². The Morgan fingerprint density at radius 3 is 2.86 bits per heavy atom. The fourth-order valence-electron chi connectivity index (χ4n) is 3.88. The molecule has 1 unspecified atom stereocenters. The summed E-state index contributed by atoms with van der Waals surface area (Å²) in [4.78, 5) is 21.3. The maximum atomic E-state index is 12.7. The lowest BCUT2D eigenvalue weighted by Crippen LogP contribution is -2.47. The van der Waals surface area contributed by atoms with Gasteiger partial charge >= 0.3 is 0 Å². The van der Waals surface area contributed by atoms with Crippen molar-refractivity contribution in [3.8, 4) is 0 Å². The van der Waals surface area contributed by atoms with E-state index in [2.05, 4.69) is 9.88 Å². The van der Waals surface area contributed by atoms with E-state index in [0.29, 0.717) is 32.7 Å². The van der Waals surface area contributed by atoms with Crippen molar-refractivity contribution in [2.45, 2.75) is 25.2 Å². The molecule has 1 aromatic carbocycles. The molecule has 1 atom stereocenters. The van der Waals surface area contributed by atoms with E-state index in [0.717, 1.165) is 54.7 Å². The number of piperidine rings is 1. The van der Waals surface area contributed by atoms with Crippen molar-refractivity contribution in [1.82, 2.24) is 14.8 Å². The number of aromatic nitrogens is 1. The molecule has 3 heterocycles. The third-order valence-electron chi connectivity index (χ3n) is 5.48. The molecule has 1 aromatic heterocycles. The van der Waals surface area contributed by atoms with E-state index in [9.17, 15) is 4.79 Å². The van der Waals surface area contributed by atoms with Gasteiger partial charge in [0.25, 0.3) is 0 Å². The predicted molar refractivity (Wildman–Crippen MR) is 107 cm³/mol. The highest BCUT2D eigenvalue weighted by atomic mass is 35.5. The Bertz CT molecular complexity index is 804. The van der Waals surface area contributed by atoms with Crippen molar-refractivity contribution in [3.63, 3.8) is 0 Å². The molecular formula is C21H26ClN3O3. The number of benzene rings is 1. The number of morpholine rings is 1. The van der Waals surface area contributed by atoms with Gasteiger partial charge in [0.1, 0.15) is 5.76 Å². The maximum absolute atomic E-state index is 12.7. The van der Waals surface area contributed by atoms with E-state index in [1.165, 1.54) is 0 Å². The number of hydrogen-bond donors (Lipinski definition) is 0. The summed E-state index contributed by atoms with van der Waals surface area (Å²) >= 11 is 6.25. The number of carbonyl (C=O) groups is 1. The molecule has 0 bridgehead atoms. The first kappa shape index (κ1) is 19.4. The number of amides is 1. The first-order valence-electron chi connectivity index (χ1n) is 9.95. The second-order valence-corrected chi connectivity index (χ2v) is 7.91. The molecule has 0 N–H and O–H groups in total. The van der Waals surface area contributed by atoms with Gasteiger partial charge in [-0.2, -0.15) is 0 Å². The van der Waals surface area contributed by atoms with Gasteiger partial charge in [-0.05, 0) is 24.5 Å². The average molecular weight is 404 g/mol. The van der Waals surface area contributed by atoms with Crippen LogP contribution in [0.15, 0.2) is 34.9 Å². The Morgan fingerprint density at radius 1 is 1.21 bits per heavy atom. The van der Waals surface area contributed by atoms with E-state index in [4.69, 9.17) is 20.8 Å². The summed E-state index contributed by atoms with van der Waals surface area (Å²) in [6, 6.07) is 7.77. The molecule has 2 aromatic rings.